The quantitative estimate of drug-likeness (QED) is 0.506. The minimum atomic E-state index is 0.747. The molecule has 2 nitrogen and oxygen atoms in total. The summed E-state index contributed by atoms with van der Waals surface area (Å²) in [5.41, 5.74) is 0. The van der Waals surface area contributed by atoms with Gasteiger partial charge in [-0.2, -0.15) is 0 Å². The Labute approximate surface area is 89.0 Å². The van der Waals surface area contributed by atoms with E-state index >= 15 is 0 Å². The first-order chi connectivity index (χ1) is 6.85. The van der Waals surface area contributed by atoms with Crippen molar-refractivity contribution < 1.29 is 9.47 Å². The minimum absolute atomic E-state index is 0.747. The Hall–Kier alpha value is -0.0800. The van der Waals surface area contributed by atoms with Crippen molar-refractivity contribution in [2.24, 2.45) is 5.92 Å². The summed E-state index contributed by atoms with van der Waals surface area (Å²) in [5, 5.41) is 0. The van der Waals surface area contributed by atoms with E-state index in [4.69, 9.17) is 9.47 Å². The Morgan fingerprint density at radius 3 is 2.21 bits per heavy atom. The second-order valence-corrected chi connectivity index (χ2v) is 3.63. The van der Waals surface area contributed by atoms with Crippen LogP contribution < -0.4 is 0 Å². The molecule has 0 spiro atoms. The molecule has 0 aliphatic heterocycles. The lowest BCUT2D eigenvalue weighted by Gasteiger charge is -2.14. The maximum atomic E-state index is 5.43. The van der Waals surface area contributed by atoms with Crippen LogP contribution in [0.1, 0.15) is 46.5 Å². The number of rotatable bonds is 10. The van der Waals surface area contributed by atoms with Crippen molar-refractivity contribution >= 4 is 0 Å². The SMILES string of the molecule is CCOCCCCC(CC)COCC. The molecular formula is C12H26O2. The summed E-state index contributed by atoms with van der Waals surface area (Å²) in [5.74, 6) is 0.747. The Balaban J connectivity index is 3.24. The van der Waals surface area contributed by atoms with Gasteiger partial charge in [0.15, 0.2) is 0 Å². The molecule has 0 rings (SSSR count). The van der Waals surface area contributed by atoms with E-state index in [0.717, 1.165) is 32.3 Å². The van der Waals surface area contributed by atoms with E-state index in [-0.39, 0.29) is 0 Å². The van der Waals surface area contributed by atoms with Crippen LogP contribution in [0.2, 0.25) is 0 Å². The van der Waals surface area contributed by atoms with Gasteiger partial charge in [0, 0.05) is 26.4 Å². The molecule has 0 aromatic rings. The molecule has 0 saturated carbocycles. The van der Waals surface area contributed by atoms with Crippen LogP contribution in [0.3, 0.4) is 0 Å². The molecule has 0 fully saturated rings. The summed E-state index contributed by atoms with van der Waals surface area (Å²) in [4.78, 5) is 0. The Morgan fingerprint density at radius 1 is 0.929 bits per heavy atom. The van der Waals surface area contributed by atoms with Crippen molar-refractivity contribution in [2.45, 2.75) is 46.5 Å². The van der Waals surface area contributed by atoms with E-state index < -0.39 is 0 Å². The molecule has 0 radical (unpaired) electrons. The third-order valence-electron chi connectivity index (χ3n) is 2.49. The van der Waals surface area contributed by atoms with Gasteiger partial charge in [-0.05, 0) is 32.6 Å². The largest absolute Gasteiger partial charge is 0.382 e. The molecule has 0 aromatic heterocycles. The molecule has 86 valence electrons. The van der Waals surface area contributed by atoms with E-state index in [0.29, 0.717) is 0 Å². The minimum Gasteiger partial charge on any atom is -0.382 e. The second-order valence-electron chi connectivity index (χ2n) is 3.63. The van der Waals surface area contributed by atoms with Crippen LogP contribution in [0.25, 0.3) is 0 Å². The first-order valence-electron chi connectivity index (χ1n) is 6.00. The van der Waals surface area contributed by atoms with E-state index in [1.807, 2.05) is 6.92 Å². The highest BCUT2D eigenvalue weighted by Gasteiger charge is 2.05. The molecule has 14 heavy (non-hydrogen) atoms. The van der Waals surface area contributed by atoms with Crippen molar-refractivity contribution in [3.8, 4) is 0 Å². The normalized spacial score (nSPS) is 13.1. The summed E-state index contributed by atoms with van der Waals surface area (Å²) in [6, 6.07) is 0. The third kappa shape index (κ3) is 8.52. The maximum absolute atomic E-state index is 5.43. The summed E-state index contributed by atoms with van der Waals surface area (Å²) in [6.07, 6.45) is 4.97. The van der Waals surface area contributed by atoms with Crippen molar-refractivity contribution in [1.29, 1.82) is 0 Å². The van der Waals surface area contributed by atoms with Crippen LogP contribution in [0.4, 0.5) is 0 Å². The highest BCUT2D eigenvalue weighted by molar-refractivity contribution is 4.56. The molecule has 0 bridgehead atoms. The highest BCUT2D eigenvalue weighted by atomic mass is 16.5. The number of ether oxygens (including phenoxy) is 2. The fourth-order valence-electron chi connectivity index (χ4n) is 1.47. The van der Waals surface area contributed by atoms with Crippen molar-refractivity contribution in [3.05, 3.63) is 0 Å². The predicted molar refractivity (Wildman–Crippen MR) is 60.6 cm³/mol. The smallest absolute Gasteiger partial charge is 0.0494 e. The molecule has 0 aliphatic carbocycles. The number of hydrogen-bond donors (Lipinski definition) is 0. The zero-order valence-electron chi connectivity index (χ0n) is 10.1. The Kier molecular flexibility index (Phi) is 10.9. The van der Waals surface area contributed by atoms with Crippen LogP contribution in [0.5, 0.6) is 0 Å². The van der Waals surface area contributed by atoms with E-state index in [1.165, 1.54) is 25.7 Å². The molecule has 0 aromatic carbocycles. The van der Waals surface area contributed by atoms with E-state index in [2.05, 4.69) is 13.8 Å². The van der Waals surface area contributed by atoms with Gasteiger partial charge in [-0.1, -0.05) is 19.8 Å². The van der Waals surface area contributed by atoms with Crippen LogP contribution in [0, 0.1) is 5.92 Å². The third-order valence-corrected chi connectivity index (χ3v) is 2.49. The molecule has 0 N–H and O–H groups in total. The summed E-state index contributed by atoms with van der Waals surface area (Å²) >= 11 is 0. The molecule has 2 heteroatoms. The first-order valence-corrected chi connectivity index (χ1v) is 6.00. The monoisotopic (exact) mass is 202 g/mol. The van der Waals surface area contributed by atoms with Crippen molar-refractivity contribution in [3.63, 3.8) is 0 Å². The van der Waals surface area contributed by atoms with Gasteiger partial charge in [0.25, 0.3) is 0 Å². The zero-order valence-corrected chi connectivity index (χ0v) is 10.1. The molecular weight excluding hydrogens is 176 g/mol. The molecule has 0 saturated heterocycles. The van der Waals surface area contributed by atoms with Gasteiger partial charge in [-0.3, -0.25) is 0 Å². The van der Waals surface area contributed by atoms with Crippen molar-refractivity contribution in [2.75, 3.05) is 26.4 Å². The van der Waals surface area contributed by atoms with Gasteiger partial charge in [-0.15, -0.1) is 0 Å². The lowest BCUT2D eigenvalue weighted by atomic mass is 10.0. The average molecular weight is 202 g/mol. The molecule has 1 atom stereocenters. The fraction of sp³-hybridized carbons (Fsp3) is 1.00. The number of hydrogen-bond acceptors (Lipinski definition) is 2. The van der Waals surface area contributed by atoms with Gasteiger partial charge in [0.2, 0.25) is 0 Å². The standard InChI is InChI=1S/C12H26O2/c1-4-12(11-14-6-3)9-7-8-10-13-5-2/h12H,4-11H2,1-3H3. The van der Waals surface area contributed by atoms with Crippen molar-refractivity contribution in [1.82, 2.24) is 0 Å². The summed E-state index contributed by atoms with van der Waals surface area (Å²) < 4.78 is 10.7. The average Bonchev–Trinajstić information content (AvgIpc) is 2.22. The van der Waals surface area contributed by atoms with Gasteiger partial charge in [0.05, 0.1) is 0 Å². The van der Waals surface area contributed by atoms with Crippen LogP contribution in [-0.2, 0) is 9.47 Å². The molecule has 0 amide bonds. The van der Waals surface area contributed by atoms with Gasteiger partial charge >= 0.3 is 0 Å². The van der Waals surface area contributed by atoms with E-state index in [1.54, 1.807) is 0 Å². The lowest BCUT2D eigenvalue weighted by Crippen LogP contribution is -2.09. The predicted octanol–water partition coefficient (Wildman–Crippen LogP) is 3.26. The van der Waals surface area contributed by atoms with Gasteiger partial charge in [-0.25, -0.2) is 0 Å². The fourth-order valence-corrected chi connectivity index (χ4v) is 1.47. The number of unbranched alkanes of at least 4 members (excludes halogenated alkanes) is 1. The van der Waals surface area contributed by atoms with Crippen LogP contribution in [-0.4, -0.2) is 26.4 Å². The van der Waals surface area contributed by atoms with Gasteiger partial charge in [0.1, 0.15) is 0 Å². The topological polar surface area (TPSA) is 18.5 Å². The second kappa shape index (κ2) is 11.0. The summed E-state index contributed by atoms with van der Waals surface area (Å²) in [6.45, 7) is 9.88. The Morgan fingerprint density at radius 2 is 1.64 bits per heavy atom. The zero-order chi connectivity index (χ0) is 10.6. The Bertz CT molecular complexity index is 104. The molecule has 0 aliphatic rings. The van der Waals surface area contributed by atoms with Gasteiger partial charge < -0.3 is 9.47 Å². The lowest BCUT2D eigenvalue weighted by molar-refractivity contribution is 0.101. The molecule has 0 heterocycles. The highest BCUT2D eigenvalue weighted by Crippen LogP contribution is 2.12. The molecule has 1 unspecified atom stereocenters. The maximum Gasteiger partial charge on any atom is 0.0494 e. The van der Waals surface area contributed by atoms with Crippen LogP contribution in [0.15, 0.2) is 0 Å². The van der Waals surface area contributed by atoms with Crippen LogP contribution >= 0.6 is 0 Å². The summed E-state index contributed by atoms with van der Waals surface area (Å²) in [7, 11) is 0. The van der Waals surface area contributed by atoms with E-state index in [9.17, 15) is 0 Å². The first kappa shape index (κ1) is 13.9.